The molecule has 0 amide bonds. The van der Waals surface area contributed by atoms with Gasteiger partial charge in [0.15, 0.2) is 5.96 Å². The highest BCUT2D eigenvalue weighted by Crippen LogP contribution is 2.06. The van der Waals surface area contributed by atoms with E-state index in [0.29, 0.717) is 30.7 Å². The SMILES string of the molecule is CCNC(=NCC(C)(C)NS(C)(=O)=O)NCCc1ccc(Cl)nc1. The molecule has 0 aliphatic rings. The van der Waals surface area contributed by atoms with E-state index in [1.54, 1.807) is 26.1 Å². The van der Waals surface area contributed by atoms with Crippen LogP contribution >= 0.6 is 11.6 Å². The highest BCUT2D eigenvalue weighted by Gasteiger charge is 2.21. The lowest BCUT2D eigenvalue weighted by atomic mass is 10.1. The second-order valence-corrected chi connectivity index (χ2v) is 8.25. The number of hydrogen-bond donors (Lipinski definition) is 3. The fourth-order valence-electron chi connectivity index (χ4n) is 2.03. The van der Waals surface area contributed by atoms with Gasteiger partial charge >= 0.3 is 0 Å². The third kappa shape index (κ3) is 9.05. The van der Waals surface area contributed by atoms with Gasteiger partial charge in [0.2, 0.25) is 10.0 Å². The minimum Gasteiger partial charge on any atom is -0.357 e. The fraction of sp³-hybridized carbons (Fsp3) is 0.600. The maximum atomic E-state index is 11.4. The van der Waals surface area contributed by atoms with E-state index in [1.165, 1.54) is 0 Å². The van der Waals surface area contributed by atoms with E-state index in [2.05, 4.69) is 25.3 Å². The van der Waals surface area contributed by atoms with Crippen molar-refractivity contribution < 1.29 is 8.42 Å². The summed E-state index contributed by atoms with van der Waals surface area (Å²) in [5.74, 6) is 0.641. The van der Waals surface area contributed by atoms with Crippen molar-refractivity contribution in [3.63, 3.8) is 0 Å². The summed E-state index contributed by atoms with van der Waals surface area (Å²) in [7, 11) is -3.28. The molecule has 1 aromatic heterocycles. The molecule has 0 unspecified atom stereocenters. The molecule has 0 aromatic carbocycles. The van der Waals surface area contributed by atoms with Crippen LogP contribution in [0.15, 0.2) is 23.3 Å². The Morgan fingerprint density at radius 3 is 2.58 bits per heavy atom. The predicted octanol–water partition coefficient (Wildman–Crippen LogP) is 1.16. The van der Waals surface area contributed by atoms with Gasteiger partial charge in [0, 0.05) is 24.8 Å². The molecule has 9 heteroatoms. The van der Waals surface area contributed by atoms with E-state index in [9.17, 15) is 8.42 Å². The number of aliphatic imine (C=N–C) groups is 1. The molecule has 0 atom stereocenters. The number of halogens is 1. The van der Waals surface area contributed by atoms with Gasteiger partial charge < -0.3 is 10.6 Å². The standard InChI is InChI=1S/C15H26ClN5O2S/c1-5-17-14(20-11-15(2,3)21-24(4,22)23)18-9-8-12-6-7-13(16)19-10-12/h6-7,10,21H,5,8-9,11H2,1-4H3,(H2,17,18,20). The summed E-state index contributed by atoms with van der Waals surface area (Å²) < 4.78 is 25.3. The number of aromatic nitrogens is 1. The second-order valence-electron chi connectivity index (χ2n) is 6.12. The molecule has 0 spiro atoms. The van der Waals surface area contributed by atoms with Crippen molar-refractivity contribution in [2.45, 2.75) is 32.7 Å². The Labute approximate surface area is 149 Å². The van der Waals surface area contributed by atoms with Crippen LogP contribution in [0.5, 0.6) is 0 Å². The van der Waals surface area contributed by atoms with Crippen molar-refractivity contribution >= 4 is 27.6 Å². The van der Waals surface area contributed by atoms with Gasteiger partial charge in [-0.15, -0.1) is 0 Å². The molecule has 0 fully saturated rings. The quantitative estimate of drug-likeness (QED) is 0.360. The summed E-state index contributed by atoms with van der Waals surface area (Å²) in [6, 6.07) is 3.69. The first-order valence-electron chi connectivity index (χ1n) is 7.73. The summed E-state index contributed by atoms with van der Waals surface area (Å²) in [4.78, 5) is 8.49. The fourth-order valence-corrected chi connectivity index (χ4v) is 3.21. The average molecular weight is 376 g/mol. The molecule has 136 valence electrons. The van der Waals surface area contributed by atoms with Crippen molar-refractivity contribution in [1.29, 1.82) is 0 Å². The second kappa shape index (κ2) is 9.19. The van der Waals surface area contributed by atoms with Gasteiger partial charge in [-0.3, -0.25) is 4.99 Å². The lowest BCUT2D eigenvalue weighted by Crippen LogP contribution is -2.47. The van der Waals surface area contributed by atoms with Gasteiger partial charge in [-0.1, -0.05) is 17.7 Å². The zero-order valence-electron chi connectivity index (χ0n) is 14.6. The highest BCUT2D eigenvalue weighted by atomic mass is 35.5. The van der Waals surface area contributed by atoms with Gasteiger partial charge in [-0.25, -0.2) is 18.1 Å². The molecule has 0 saturated carbocycles. The van der Waals surface area contributed by atoms with Gasteiger partial charge in [0.1, 0.15) is 5.15 Å². The molecule has 0 bridgehead atoms. The van der Waals surface area contributed by atoms with E-state index in [0.717, 1.165) is 18.2 Å². The molecule has 0 radical (unpaired) electrons. The summed E-state index contributed by atoms with van der Waals surface area (Å²) in [5.41, 5.74) is 0.414. The van der Waals surface area contributed by atoms with E-state index >= 15 is 0 Å². The number of nitrogens with zero attached hydrogens (tertiary/aromatic N) is 2. The van der Waals surface area contributed by atoms with Crippen molar-refractivity contribution in [2.75, 3.05) is 25.9 Å². The van der Waals surface area contributed by atoms with Crippen molar-refractivity contribution in [3.8, 4) is 0 Å². The highest BCUT2D eigenvalue weighted by molar-refractivity contribution is 7.88. The molecule has 0 saturated heterocycles. The van der Waals surface area contributed by atoms with E-state index in [1.807, 2.05) is 13.0 Å². The largest absolute Gasteiger partial charge is 0.357 e. The Morgan fingerprint density at radius 2 is 2.04 bits per heavy atom. The van der Waals surface area contributed by atoms with Gasteiger partial charge in [0.25, 0.3) is 0 Å². The van der Waals surface area contributed by atoms with Crippen LogP contribution in [0.4, 0.5) is 0 Å². The molecule has 1 aromatic rings. The maximum Gasteiger partial charge on any atom is 0.209 e. The molecule has 0 aliphatic heterocycles. The van der Waals surface area contributed by atoms with Crippen molar-refractivity contribution in [2.24, 2.45) is 4.99 Å². The number of pyridine rings is 1. The molecule has 7 nitrogen and oxygen atoms in total. The van der Waals surface area contributed by atoms with E-state index in [4.69, 9.17) is 11.6 Å². The number of nitrogens with one attached hydrogen (secondary N) is 3. The van der Waals surface area contributed by atoms with Gasteiger partial charge in [0.05, 0.1) is 12.8 Å². The normalized spacial score (nSPS) is 13.0. The van der Waals surface area contributed by atoms with Crippen molar-refractivity contribution in [3.05, 3.63) is 29.0 Å². The molecule has 1 heterocycles. The van der Waals surface area contributed by atoms with Crippen LogP contribution in [0.2, 0.25) is 5.15 Å². The van der Waals surface area contributed by atoms with Crippen LogP contribution < -0.4 is 15.4 Å². The third-order valence-corrected chi connectivity index (χ3v) is 4.08. The van der Waals surface area contributed by atoms with Crippen LogP contribution in [0.3, 0.4) is 0 Å². The van der Waals surface area contributed by atoms with E-state index < -0.39 is 15.6 Å². The monoisotopic (exact) mass is 375 g/mol. The molecule has 1 rings (SSSR count). The number of hydrogen-bond acceptors (Lipinski definition) is 4. The lowest BCUT2D eigenvalue weighted by Gasteiger charge is -2.23. The summed E-state index contributed by atoms with van der Waals surface area (Å²) >= 11 is 5.76. The Balaban J connectivity index is 2.57. The summed E-state index contributed by atoms with van der Waals surface area (Å²) in [5, 5.41) is 6.83. The van der Waals surface area contributed by atoms with Crippen molar-refractivity contribution in [1.82, 2.24) is 20.3 Å². The third-order valence-electron chi connectivity index (χ3n) is 2.93. The Kier molecular flexibility index (Phi) is 7.92. The van der Waals surface area contributed by atoms with Crippen LogP contribution in [0.25, 0.3) is 0 Å². The van der Waals surface area contributed by atoms with E-state index in [-0.39, 0.29) is 0 Å². The first-order chi connectivity index (χ1) is 11.1. The first kappa shape index (κ1) is 20.7. The first-order valence-corrected chi connectivity index (χ1v) is 10.00. The van der Waals surface area contributed by atoms with Crippen LogP contribution in [0, 0.1) is 0 Å². The Hall–Kier alpha value is -1.38. The molecule has 0 aliphatic carbocycles. The summed E-state index contributed by atoms with van der Waals surface area (Å²) in [6.07, 6.45) is 3.66. The molecular weight excluding hydrogens is 350 g/mol. The van der Waals surface area contributed by atoms with Gasteiger partial charge in [-0.2, -0.15) is 0 Å². The lowest BCUT2D eigenvalue weighted by molar-refractivity contribution is 0.464. The van der Waals surface area contributed by atoms with Crippen LogP contribution in [-0.2, 0) is 16.4 Å². The average Bonchev–Trinajstić information content (AvgIpc) is 2.44. The summed E-state index contributed by atoms with van der Waals surface area (Å²) in [6.45, 7) is 7.27. The zero-order valence-corrected chi connectivity index (χ0v) is 16.1. The molecular formula is C15H26ClN5O2S. The number of guanidine groups is 1. The minimum atomic E-state index is -3.28. The minimum absolute atomic E-state index is 0.317. The predicted molar refractivity (Wildman–Crippen MR) is 99.0 cm³/mol. The van der Waals surface area contributed by atoms with Crippen LogP contribution in [0.1, 0.15) is 26.3 Å². The van der Waals surface area contributed by atoms with Gasteiger partial charge in [-0.05, 0) is 38.8 Å². The Bertz CT molecular complexity index is 644. The zero-order chi connectivity index (χ0) is 18.2. The van der Waals surface area contributed by atoms with Crippen LogP contribution in [-0.4, -0.2) is 50.8 Å². The Morgan fingerprint density at radius 1 is 1.33 bits per heavy atom. The maximum absolute atomic E-state index is 11.4. The number of rotatable bonds is 8. The number of sulfonamides is 1. The molecule has 24 heavy (non-hydrogen) atoms. The topological polar surface area (TPSA) is 95.5 Å². The molecule has 3 N–H and O–H groups in total. The smallest absolute Gasteiger partial charge is 0.209 e.